The molecule has 0 amide bonds. The molecule has 0 radical (unpaired) electrons. The summed E-state index contributed by atoms with van der Waals surface area (Å²) in [7, 11) is 0. The molecule has 1 aromatic carbocycles. The Morgan fingerprint density at radius 3 is 2.56 bits per heavy atom. The van der Waals surface area contributed by atoms with Gasteiger partial charge in [0.1, 0.15) is 11.9 Å². The average molecular weight is 288 g/mol. The molecule has 2 rings (SSSR count). The van der Waals surface area contributed by atoms with Crippen molar-refractivity contribution in [3.05, 3.63) is 24.0 Å². The maximum absolute atomic E-state index is 12.8. The van der Waals surface area contributed by atoms with Gasteiger partial charge in [-0.2, -0.15) is 0 Å². The topological polar surface area (TPSA) is 18.5 Å². The van der Waals surface area contributed by atoms with E-state index in [4.69, 9.17) is 9.47 Å². The van der Waals surface area contributed by atoms with Crippen molar-refractivity contribution >= 4 is 12.4 Å². The van der Waals surface area contributed by atoms with Crippen molar-refractivity contribution in [1.29, 1.82) is 0 Å². The number of hydrogen-bond donors (Lipinski definition) is 0. The van der Waals surface area contributed by atoms with Crippen LogP contribution in [0.5, 0.6) is 5.75 Å². The minimum Gasteiger partial charge on any atom is -0.491 e. The Bertz CT molecular complexity index is 407. The SMILES string of the molecule is Fc1ccc(OC2CCOC2)c([B-](F)(F)F)c1.[K+]. The van der Waals surface area contributed by atoms with E-state index < -0.39 is 24.4 Å². The second kappa shape index (κ2) is 6.72. The monoisotopic (exact) mass is 288 g/mol. The number of benzene rings is 1. The van der Waals surface area contributed by atoms with Crippen molar-refractivity contribution in [2.24, 2.45) is 0 Å². The van der Waals surface area contributed by atoms with E-state index in [2.05, 4.69) is 0 Å². The van der Waals surface area contributed by atoms with Crippen LogP contribution in [0.3, 0.4) is 0 Å². The smallest absolute Gasteiger partial charge is 0.491 e. The van der Waals surface area contributed by atoms with Crippen LogP contribution in [0.25, 0.3) is 0 Å². The van der Waals surface area contributed by atoms with E-state index in [0.29, 0.717) is 19.1 Å². The van der Waals surface area contributed by atoms with Crippen LogP contribution in [0.4, 0.5) is 17.3 Å². The molecule has 1 aliphatic rings. The van der Waals surface area contributed by atoms with Gasteiger partial charge in [-0.15, -0.1) is 0 Å². The molecule has 8 heteroatoms. The van der Waals surface area contributed by atoms with Crippen molar-refractivity contribution < 1.29 is 78.2 Å². The maximum Gasteiger partial charge on any atom is 1.00 e. The van der Waals surface area contributed by atoms with Gasteiger partial charge in [0.25, 0.3) is 0 Å². The van der Waals surface area contributed by atoms with Gasteiger partial charge in [0, 0.05) is 6.42 Å². The Labute approximate surface area is 145 Å². The quantitative estimate of drug-likeness (QED) is 0.527. The first-order chi connectivity index (χ1) is 7.97. The molecule has 2 nitrogen and oxygen atoms in total. The number of ether oxygens (including phenoxy) is 2. The van der Waals surface area contributed by atoms with E-state index in [-0.39, 0.29) is 63.7 Å². The number of rotatable bonds is 3. The molecule has 0 N–H and O–H groups in total. The molecular weight excluding hydrogens is 278 g/mol. The minimum absolute atomic E-state index is 0. The van der Waals surface area contributed by atoms with Crippen LogP contribution in [0.2, 0.25) is 0 Å². The summed E-state index contributed by atoms with van der Waals surface area (Å²) >= 11 is 0. The van der Waals surface area contributed by atoms with Crippen molar-refractivity contribution in [2.75, 3.05) is 13.2 Å². The molecule has 1 aliphatic heterocycles. The fraction of sp³-hybridized carbons (Fsp3) is 0.400. The fourth-order valence-electron chi connectivity index (χ4n) is 1.67. The van der Waals surface area contributed by atoms with Gasteiger partial charge in [0.05, 0.1) is 19.0 Å². The third kappa shape index (κ3) is 4.21. The zero-order chi connectivity index (χ0) is 12.5. The largest absolute Gasteiger partial charge is 1.00 e. The van der Waals surface area contributed by atoms with Gasteiger partial charge >= 0.3 is 58.4 Å². The zero-order valence-corrected chi connectivity index (χ0v) is 13.0. The Morgan fingerprint density at radius 1 is 1.28 bits per heavy atom. The minimum atomic E-state index is -5.28. The van der Waals surface area contributed by atoms with E-state index in [1.54, 1.807) is 0 Å². The molecule has 1 heterocycles. The van der Waals surface area contributed by atoms with Crippen LogP contribution < -0.4 is 61.6 Å². The summed E-state index contributed by atoms with van der Waals surface area (Å²) in [5.41, 5.74) is -1.03. The Kier molecular flexibility index (Phi) is 6.14. The van der Waals surface area contributed by atoms with E-state index in [0.717, 1.165) is 12.1 Å². The Morgan fingerprint density at radius 2 is 2.00 bits per heavy atom. The van der Waals surface area contributed by atoms with Crippen LogP contribution in [0, 0.1) is 5.82 Å². The van der Waals surface area contributed by atoms with Gasteiger partial charge in [-0.3, -0.25) is 0 Å². The summed E-state index contributed by atoms with van der Waals surface area (Å²) in [6.07, 6.45) is 0.152. The molecule has 0 bridgehead atoms. The third-order valence-electron chi connectivity index (χ3n) is 2.51. The molecule has 0 saturated carbocycles. The van der Waals surface area contributed by atoms with Crippen molar-refractivity contribution in [3.63, 3.8) is 0 Å². The molecule has 0 spiro atoms. The van der Waals surface area contributed by atoms with Crippen molar-refractivity contribution in [2.45, 2.75) is 12.5 Å². The maximum atomic E-state index is 12.8. The molecule has 1 unspecified atom stereocenters. The van der Waals surface area contributed by atoms with Gasteiger partial charge < -0.3 is 22.4 Å². The number of hydrogen-bond acceptors (Lipinski definition) is 2. The first-order valence-corrected chi connectivity index (χ1v) is 5.20. The molecular formula is C10H10BF4KO2. The third-order valence-corrected chi connectivity index (χ3v) is 2.51. The molecule has 18 heavy (non-hydrogen) atoms. The summed E-state index contributed by atoms with van der Waals surface area (Å²) < 4.78 is 61.1. The van der Waals surface area contributed by atoms with Crippen molar-refractivity contribution in [1.82, 2.24) is 0 Å². The molecule has 0 aromatic heterocycles. The predicted molar refractivity (Wildman–Crippen MR) is 55.0 cm³/mol. The Balaban J connectivity index is 0.00000162. The zero-order valence-electron chi connectivity index (χ0n) is 9.84. The van der Waals surface area contributed by atoms with E-state index in [9.17, 15) is 17.3 Å². The Hall–Kier alpha value is 0.401. The molecule has 94 valence electrons. The summed E-state index contributed by atoms with van der Waals surface area (Å²) in [6, 6.07) is 2.43. The molecule has 1 saturated heterocycles. The van der Waals surface area contributed by atoms with Gasteiger partial charge in [-0.05, 0) is 18.2 Å². The normalized spacial score (nSPS) is 19.4. The first-order valence-electron chi connectivity index (χ1n) is 5.20. The van der Waals surface area contributed by atoms with Crippen molar-refractivity contribution in [3.8, 4) is 5.75 Å². The molecule has 1 aromatic rings. The summed E-state index contributed by atoms with van der Waals surface area (Å²) in [5, 5.41) is 0. The number of halogens is 4. The standard InChI is InChI=1S/C10H10BF4O2.K/c12-7-1-2-10(9(5-7)11(13,14)15)17-8-3-4-16-6-8;/h1-2,5,8H,3-4,6H2;/q-1;+1. The van der Waals surface area contributed by atoms with Crippen LogP contribution in [-0.4, -0.2) is 26.3 Å². The van der Waals surface area contributed by atoms with Crippen LogP contribution in [-0.2, 0) is 4.74 Å². The molecule has 1 fully saturated rings. The second-order valence-electron chi connectivity index (χ2n) is 3.86. The van der Waals surface area contributed by atoms with Gasteiger partial charge in [-0.1, -0.05) is 5.46 Å². The fourth-order valence-corrected chi connectivity index (χ4v) is 1.67. The second-order valence-corrected chi connectivity index (χ2v) is 3.86. The van der Waals surface area contributed by atoms with Gasteiger partial charge in [0.15, 0.2) is 0 Å². The van der Waals surface area contributed by atoms with Gasteiger partial charge in [0.2, 0.25) is 0 Å². The predicted octanol–water partition coefficient (Wildman–Crippen LogP) is -0.948. The summed E-state index contributed by atoms with van der Waals surface area (Å²) in [4.78, 5) is 0. The van der Waals surface area contributed by atoms with Crippen LogP contribution in [0.15, 0.2) is 18.2 Å². The summed E-state index contributed by atoms with van der Waals surface area (Å²) in [5.74, 6) is -1.25. The summed E-state index contributed by atoms with van der Waals surface area (Å²) in [6.45, 7) is -4.55. The molecule has 0 aliphatic carbocycles. The average Bonchev–Trinajstić information content (AvgIpc) is 2.72. The van der Waals surface area contributed by atoms with Crippen LogP contribution >= 0.6 is 0 Å². The van der Waals surface area contributed by atoms with E-state index >= 15 is 0 Å². The van der Waals surface area contributed by atoms with E-state index in [1.165, 1.54) is 0 Å². The molecule has 1 atom stereocenters. The van der Waals surface area contributed by atoms with Gasteiger partial charge in [-0.25, -0.2) is 4.39 Å². The van der Waals surface area contributed by atoms with Crippen LogP contribution in [0.1, 0.15) is 6.42 Å². The first kappa shape index (κ1) is 16.5. The van der Waals surface area contributed by atoms with E-state index in [1.807, 2.05) is 0 Å².